The third-order valence-corrected chi connectivity index (χ3v) is 5.52. The van der Waals surface area contributed by atoms with E-state index in [1.54, 1.807) is 0 Å². The molecule has 5 heteroatoms. The Hall–Kier alpha value is -0.930. The number of hydrogen-bond donors (Lipinski definition) is 0. The quantitative estimate of drug-likeness (QED) is 0.784. The van der Waals surface area contributed by atoms with Crippen LogP contribution < -0.4 is 4.90 Å². The van der Waals surface area contributed by atoms with Crippen LogP contribution in [0.15, 0.2) is 30.3 Å². The van der Waals surface area contributed by atoms with Crippen molar-refractivity contribution in [2.75, 3.05) is 31.1 Å². The van der Waals surface area contributed by atoms with Gasteiger partial charge in [-0.3, -0.25) is 4.79 Å². The number of piperazine rings is 1. The lowest BCUT2D eigenvalue weighted by Crippen LogP contribution is -2.51. The maximum Gasteiger partial charge on any atom is 0.231 e. The molecule has 1 atom stereocenters. The second kappa shape index (κ2) is 4.81. The van der Waals surface area contributed by atoms with Crippen molar-refractivity contribution < 1.29 is 4.79 Å². The normalized spacial score (nSPS) is 28.4. The van der Waals surface area contributed by atoms with Gasteiger partial charge in [-0.05, 0) is 25.5 Å². The fourth-order valence-electron chi connectivity index (χ4n) is 2.79. The lowest BCUT2D eigenvalue weighted by Gasteiger charge is -2.37. The molecule has 1 saturated heterocycles. The maximum absolute atomic E-state index is 12.5. The summed E-state index contributed by atoms with van der Waals surface area (Å²) in [5.74, 6) is 0.0928. The van der Waals surface area contributed by atoms with E-state index in [1.807, 2.05) is 30.0 Å². The van der Waals surface area contributed by atoms with E-state index >= 15 is 0 Å². The summed E-state index contributed by atoms with van der Waals surface area (Å²) in [7, 11) is 0. The van der Waals surface area contributed by atoms with Crippen LogP contribution in [0.2, 0.25) is 0 Å². The summed E-state index contributed by atoms with van der Waals surface area (Å²) < 4.78 is -0.874. The van der Waals surface area contributed by atoms with E-state index < -0.39 is 9.75 Å². The molecule has 0 N–H and O–H groups in total. The number of rotatable bonds is 2. The average molecular weight is 313 g/mol. The standard InChI is InChI=1S/C15H18Cl2N2O/c1-14(11-15(14,16)17)13(20)19-9-7-18(8-10-19)12-5-3-2-4-6-12/h2-6H,7-11H2,1H3/t14-/m1/s1. The van der Waals surface area contributed by atoms with Crippen LogP contribution in [0.1, 0.15) is 13.3 Å². The molecule has 0 spiro atoms. The number of alkyl halides is 2. The van der Waals surface area contributed by atoms with Crippen molar-refractivity contribution in [3.63, 3.8) is 0 Å². The molecule has 0 aromatic heterocycles. The average Bonchev–Trinajstić information content (AvgIpc) is 2.99. The van der Waals surface area contributed by atoms with Gasteiger partial charge in [0.2, 0.25) is 5.91 Å². The predicted octanol–water partition coefficient (Wildman–Crippen LogP) is 2.92. The molecule has 3 nitrogen and oxygen atoms in total. The SMILES string of the molecule is C[C@]1(C(=O)N2CCN(c3ccccc3)CC2)CC1(Cl)Cl. The number of benzene rings is 1. The van der Waals surface area contributed by atoms with Crippen molar-refractivity contribution in [2.24, 2.45) is 5.41 Å². The monoisotopic (exact) mass is 312 g/mol. The predicted molar refractivity (Wildman–Crippen MR) is 82.4 cm³/mol. The lowest BCUT2D eigenvalue weighted by atomic mass is 10.1. The van der Waals surface area contributed by atoms with Gasteiger partial charge >= 0.3 is 0 Å². The van der Waals surface area contributed by atoms with Crippen LogP contribution in [0.3, 0.4) is 0 Å². The van der Waals surface area contributed by atoms with E-state index in [-0.39, 0.29) is 5.91 Å². The number of anilines is 1. The fourth-order valence-corrected chi connectivity index (χ4v) is 3.48. The highest BCUT2D eigenvalue weighted by atomic mass is 35.5. The zero-order valence-electron chi connectivity index (χ0n) is 11.5. The second-order valence-corrected chi connectivity index (χ2v) is 7.31. The summed E-state index contributed by atoms with van der Waals surface area (Å²) in [4.78, 5) is 16.7. The lowest BCUT2D eigenvalue weighted by molar-refractivity contribution is -0.136. The summed E-state index contributed by atoms with van der Waals surface area (Å²) >= 11 is 12.2. The summed E-state index contributed by atoms with van der Waals surface area (Å²) in [6.45, 7) is 5.02. The molecule has 20 heavy (non-hydrogen) atoms. The molecule has 108 valence electrons. The highest BCUT2D eigenvalue weighted by molar-refractivity contribution is 6.53. The van der Waals surface area contributed by atoms with Gasteiger partial charge in [-0.25, -0.2) is 0 Å². The fraction of sp³-hybridized carbons (Fsp3) is 0.533. The Bertz CT molecular complexity index is 512. The molecular formula is C15H18Cl2N2O. The van der Waals surface area contributed by atoms with E-state index in [0.29, 0.717) is 6.42 Å². The van der Waals surface area contributed by atoms with E-state index in [0.717, 1.165) is 26.2 Å². The number of amides is 1. The third kappa shape index (κ3) is 2.27. The first-order valence-electron chi connectivity index (χ1n) is 6.91. The Morgan fingerprint density at radius 3 is 2.15 bits per heavy atom. The van der Waals surface area contributed by atoms with Gasteiger partial charge in [0.25, 0.3) is 0 Å². The van der Waals surface area contributed by atoms with Gasteiger partial charge in [-0.2, -0.15) is 0 Å². The van der Waals surface area contributed by atoms with Crippen LogP contribution in [-0.4, -0.2) is 41.3 Å². The summed E-state index contributed by atoms with van der Waals surface area (Å²) in [5.41, 5.74) is 0.617. The number of halogens is 2. The first-order chi connectivity index (χ1) is 9.44. The van der Waals surface area contributed by atoms with Crippen LogP contribution in [0.4, 0.5) is 5.69 Å². The molecule has 0 radical (unpaired) electrons. The van der Waals surface area contributed by atoms with Gasteiger partial charge in [0.1, 0.15) is 4.33 Å². The van der Waals surface area contributed by atoms with Crippen molar-refractivity contribution in [1.29, 1.82) is 0 Å². The van der Waals surface area contributed by atoms with Gasteiger partial charge in [0.05, 0.1) is 5.41 Å². The van der Waals surface area contributed by atoms with Crippen molar-refractivity contribution >= 4 is 34.8 Å². The zero-order chi connectivity index (χ0) is 14.4. The molecule has 0 bridgehead atoms. The Kier molecular flexibility index (Phi) is 3.38. The smallest absolute Gasteiger partial charge is 0.231 e. The number of carbonyl (C=O) groups excluding carboxylic acids is 1. The molecule has 1 saturated carbocycles. The van der Waals surface area contributed by atoms with Crippen LogP contribution in [0, 0.1) is 5.41 Å². The van der Waals surface area contributed by atoms with E-state index in [2.05, 4.69) is 17.0 Å². The van der Waals surface area contributed by atoms with Gasteiger partial charge in [0, 0.05) is 31.9 Å². The third-order valence-electron chi connectivity index (χ3n) is 4.42. The molecule has 1 amide bonds. The van der Waals surface area contributed by atoms with E-state index in [9.17, 15) is 4.79 Å². The van der Waals surface area contributed by atoms with Crippen molar-refractivity contribution in [2.45, 2.75) is 17.7 Å². The maximum atomic E-state index is 12.5. The molecule has 2 aliphatic rings. The number of hydrogen-bond acceptors (Lipinski definition) is 2. The minimum atomic E-state index is -0.874. The van der Waals surface area contributed by atoms with Crippen LogP contribution in [0.25, 0.3) is 0 Å². The number of para-hydroxylation sites is 1. The van der Waals surface area contributed by atoms with Crippen molar-refractivity contribution in [3.8, 4) is 0 Å². The molecule has 1 aromatic rings. The van der Waals surface area contributed by atoms with Gasteiger partial charge in [-0.15, -0.1) is 23.2 Å². The second-order valence-electron chi connectivity index (χ2n) is 5.83. The Morgan fingerprint density at radius 1 is 1.10 bits per heavy atom. The van der Waals surface area contributed by atoms with E-state index in [1.165, 1.54) is 5.69 Å². The largest absolute Gasteiger partial charge is 0.368 e. The Morgan fingerprint density at radius 2 is 1.65 bits per heavy atom. The highest BCUT2D eigenvalue weighted by Gasteiger charge is 2.68. The van der Waals surface area contributed by atoms with Gasteiger partial charge < -0.3 is 9.80 Å². The minimum absolute atomic E-state index is 0.0928. The first kappa shape index (κ1) is 14.0. The first-order valence-corrected chi connectivity index (χ1v) is 7.67. The molecule has 1 aliphatic heterocycles. The Labute approximate surface area is 129 Å². The number of carbonyl (C=O) groups is 1. The van der Waals surface area contributed by atoms with Crippen molar-refractivity contribution in [1.82, 2.24) is 4.90 Å². The summed E-state index contributed by atoms with van der Waals surface area (Å²) in [5, 5.41) is 0. The Balaban J connectivity index is 1.61. The van der Waals surface area contributed by atoms with Crippen LogP contribution >= 0.6 is 23.2 Å². The highest BCUT2D eigenvalue weighted by Crippen LogP contribution is 2.64. The molecule has 3 rings (SSSR count). The van der Waals surface area contributed by atoms with Gasteiger partial charge in [0.15, 0.2) is 0 Å². The molecular weight excluding hydrogens is 295 g/mol. The van der Waals surface area contributed by atoms with Crippen LogP contribution in [0.5, 0.6) is 0 Å². The topological polar surface area (TPSA) is 23.6 Å². The zero-order valence-corrected chi connectivity index (χ0v) is 13.0. The number of nitrogens with zero attached hydrogens (tertiary/aromatic N) is 2. The summed E-state index contributed by atoms with van der Waals surface area (Å²) in [6.07, 6.45) is 0.556. The van der Waals surface area contributed by atoms with E-state index in [4.69, 9.17) is 23.2 Å². The minimum Gasteiger partial charge on any atom is -0.368 e. The molecule has 1 aliphatic carbocycles. The summed E-state index contributed by atoms with van der Waals surface area (Å²) in [6, 6.07) is 10.3. The molecule has 1 heterocycles. The molecule has 1 aromatic carbocycles. The van der Waals surface area contributed by atoms with Crippen LogP contribution in [-0.2, 0) is 4.79 Å². The molecule has 0 unspecified atom stereocenters. The molecule has 2 fully saturated rings. The van der Waals surface area contributed by atoms with Crippen molar-refractivity contribution in [3.05, 3.63) is 30.3 Å². The van der Waals surface area contributed by atoms with Gasteiger partial charge in [-0.1, -0.05) is 18.2 Å².